The number of nitrogens with two attached hydrogens (primary N) is 1. The third-order valence-electron chi connectivity index (χ3n) is 4.00. The smallest absolute Gasteiger partial charge is 0.284 e. The van der Waals surface area contributed by atoms with Crippen molar-refractivity contribution >= 4 is 47.4 Å². The van der Waals surface area contributed by atoms with Crippen LogP contribution in [0.2, 0.25) is 5.02 Å². The average Bonchev–Trinajstić information content (AvgIpc) is 3.06. The molecule has 2 aromatic rings. The molecule has 4 N–H and O–H groups in total. The molecule has 0 aliphatic heterocycles. The van der Waals surface area contributed by atoms with Crippen LogP contribution >= 0.6 is 35.6 Å². The lowest BCUT2D eigenvalue weighted by Gasteiger charge is -2.27. The molecular formula is C19H25ClFIN4O2. The van der Waals surface area contributed by atoms with E-state index in [0.717, 1.165) is 5.56 Å². The molecule has 28 heavy (non-hydrogen) atoms. The van der Waals surface area contributed by atoms with Gasteiger partial charge in [0.2, 0.25) is 0 Å². The largest absolute Gasteiger partial charge is 0.454 e. The van der Waals surface area contributed by atoms with Gasteiger partial charge in [0, 0.05) is 23.5 Å². The van der Waals surface area contributed by atoms with Crippen LogP contribution < -0.4 is 16.4 Å². The second-order valence-corrected chi connectivity index (χ2v) is 7.09. The molecule has 1 aromatic carbocycles. The van der Waals surface area contributed by atoms with Gasteiger partial charge in [0.15, 0.2) is 11.7 Å². The number of rotatable bonds is 7. The van der Waals surface area contributed by atoms with Crippen LogP contribution in [0.5, 0.6) is 0 Å². The Bertz CT molecular complexity index is 839. The Morgan fingerprint density at radius 1 is 1.29 bits per heavy atom. The van der Waals surface area contributed by atoms with Crippen LogP contribution in [0, 0.1) is 5.82 Å². The maximum absolute atomic E-state index is 13.3. The number of carbonyl (C=O) groups is 1. The molecule has 0 fully saturated rings. The summed E-state index contributed by atoms with van der Waals surface area (Å²) < 4.78 is 18.6. The number of amides is 1. The zero-order valence-corrected chi connectivity index (χ0v) is 19.1. The normalized spacial score (nSPS) is 11.7. The Morgan fingerprint density at radius 2 is 2.00 bits per heavy atom. The van der Waals surface area contributed by atoms with Crippen molar-refractivity contribution in [1.82, 2.24) is 10.6 Å². The van der Waals surface area contributed by atoms with Gasteiger partial charge in [0.1, 0.15) is 18.1 Å². The molecule has 0 saturated heterocycles. The number of benzene rings is 1. The maximum Gasteiger partial charge on any atom is 0.284 e. The van der Waals surface area contributed by atoms with Crippen molar-refractivity contribution in [1.29, 1.82) is 0 Å². The minimum atomic E-state index is -0.617. The van der Waals surface area contributed by atoms with E-state index in [1.54, 1.807) is 12.1 Å². The van der Waals surface area contributed by atoms with E-state index in [2.05, 4.69) is 15.6 Å². The van der Waals surface area contributed by atoms with Gasteiger partial charge in [-0.05, 0) is 36.8 Å². The number of primary amides is 1. The summed E-state index contributed by atoms with van der Waals surface area (Å²) in [7, 11) is 0. The standard InChI is InChI=1S/C19H24ClFN4O2.HI/c1-4-23-18(24-10-13-6-8-16(27-13)17(22)26)25-11-19(2,3)14-7-5-12(21)9-15(14)20;/h5-9H,4,10-11H2,1-3H3,(H2,22,26)(H2,23,24,25);1H. The number of aliphatic imine (C=N–C) groups is 1. The molecule has 2 rings (SSSR count). The lowest BCUT2D eigenvalue weighted by molar-refractivity contribution is 0.0972. The number of hydrogen-bond acceptors (Lipinski definition) is 3. The Labute approximate surface area is 186 Å². The first-order chi connectivity index (χ1) is 12.7. The van der Waals surface area contributed by atoms with Crippen LogP contribution in [0.1, 0.15) is 42.6 Å². The van der Waals surface area contributed by atoms with E-state index in [0.29, 0.717) is 29.8 Å². The van der Waals surface area contributed by atoms with E-state index in [-0.39, 0.29) is 47.5 Å². The number of guanidine groups is 1. The van der Waals surface area contributed by atoms with Gasteiger partial charge in [-0.2, -0.15) is 0 Å². The highest BCUT2D eigenvalue weighted by Crippen LogP contribution is 2.29. The molecule has 0 spiro atoms. The number of furan rings is 1. The fraction of sp³-hybridized carbons (Fsp3) is 0.368. The van der Waals surface area contributed by atoms with Gasteiger partial charge in [-0.15, -0.1) is 24.0 Å². The van der Waals surface area contributed by atoms with Crippen LogP contribution in [0.3, 0.4) is 0 Å². The highest BCUT2D eigenvalue weighted by molar-refractivity contribution is 14.0. The predicted octanol–water partition coefficient (Wildman–Crippen LogP) is 3.82. The zero-order chi connectivity index (χ0) is 20.0. The monoisotopic (exact) mass is 522 g/mol. The van der Waals surface area contributed by atoms with Crippen molar-refractivity contribution in [3.63, 3.8) is 0 Å². The quantitative estimate of drug-likeness (QED) is 0.293. The first-order valence-corrected chi connectivity index (χ1v) is 8.97. The Morgan fingerprint density at radius 3 is 2.57 bits per heavy atom. The molecule has 0 bridgehead atoms. The van der Waals surface area contributed by atoms with Gasteiger partial charge in [0.05, 0.1) is 0 Å². The molecular weight excluding hydrogens is 498 g/mol. The molecule has 0 aliphatic carbocycles. The number of halogens is 3. The van der Waals surface area contributed by atoms with Crippen LogP contribution in [0.15, 0.2) is 39.7 Å². The summed E-state index contributed by atoms with van der Waals surface area (Å²) in [6.07, 6.45) is 0. The topological polar surface area (TPSA) is 92.6 Å². The molecule has 0 aliphatic rings. The molecule has 0 radical (unpaired) electrons. The highest BCUT2D eigenvalue weighted by Gasteiger charge is 2.24. The number of nitrogens with zero attached hydrogens (tertiary/aromatic N) is 1. The second-order valence-electron chi connectivity index (χ2n) is 6.69. The number of carbonyl (C=O) groups excluding carboxylic acids is 1. The minimum absolute atomic E-state index is 0. The van der Waals surface area contributed by atoms with E-state index in [1.165, 1.54) is 18.2 Å². The maximum atomic E-state index is 13.3. The SMILES string of the molecule is CCNC(=NCc1ccc(C(N)=O)o1)NCC(C)(C)c1ccc(F)cc1Cl.I. The van der Waals surface area contributed by atoms with Crippen LogP contribution in [0.4, 0.5) is 4.39 Å². The van der Waals surface area contributed by atoms with Crippen molar-refractivity contribution in [2.24, 2.45) is 10.7 Å². The van der Waals surface area contributed by atoms with E-state index < -0.39 is 5.91 Å². The van der Waals surface area contributed by atoms with Crippen molar-refractivity contribution < 1.29 is 13.6 Å². The summed E-state index contributed by atoms with van der Waals surface area (Å²) in [5.74, 6) is 0.234. The van der Waals surface area contributed by atoms with Gasteiger partial charge in [-0.1, -0.05) is 31.5 Å². The number of hydrogen-bond donors (Lipinski definition) is 3. The Kier molecular flexibility index (Phi) is 9.22. The molecule has 1 amide bonds. The van der Waals surface area contributed by atoms with Gasteiger partial charge in [0.25, 0.3) is 5.91 Å². The van der Waals surface area contributed by atoms with Crippen LogP contribution in [-0.4, -0.2) is 25.0 Å². The van der Waals surface area contributed by atoms with E-state index in [9.17, 15) is 9.18 Å². The minimum Gasteiger partial charge on any atom is -0.454 e. The predicted molar refractivity (Wildman–Crippen MR) is 120 cm³/mol. The summed E-state index contributed by atoms with van der Waals surface area (Å²) in [4.78, 5) is 15.5. The van der Waals surface area contributed by atoms with E-state index in [1.807, 2.05) is 20.8 Å². The van der Waals surface area contributed by atoms with Crippen molar-refractivity contribution in [2.75, 3.05) is 13.1 Å². The van der Waals surface area contributed by atoms with E-state index in [4.69, 9.17) is 21.8 Å². The fourth-order valence-electron chi connectivity index (χ4n) is 2.53. The van der Waals surface area contributed by atoms with Crippen molar-refractivity contribution in [3.05, 3.63) is 58.3 Å². The molecule has 0 unspecified atom stereocenters. The van der Waals surface area contributed by atoms with Crippen LogP contribution in [-0.2, 0) is 12.0 Å². The fourth-order valence-corrected chi connectivity index (χ4v) is 2.96. The molecule has 154 valence electrons. The molecule has 1 aromatic heterocycles. The van der Waals surface area contributed by atoms with Gasteiger partial charge < -0.3 is 20.8 Å². The molecule has 6 nitrogen and oxygen atoms in total. The first kappa shape index (κ1) is 24.2. The third-order valence-corrected chi connectivity index (χ3v) is 4.31. The molecule has 9 heteroatoms. The lowest BCUT2D eigenvalue weighted by atomic mass is 9.84. The van der Waals surface area contributed by atoms with Crippen molar-refractivity contribution in [2.45, 2.75) is 32.7 Å². The Hall–Kier alpha value is -1.81. The van der Waals surface area contributed by atoms with Crippen molar-refractivity contribution in [3.8, 4) is 0 Å². The highest BCUT2D eigenvalue weighted by atomic mass is 127. The van der Waals surface area contributed by atoms with Crippen LogP contribution in [0.25, 0.3) is 0 Å². The van der Waals surface area contributed by atoms with Gasteiger partial charge in [-0.3, -0.25) is 4.79 Å². The number of nitrogens with one attached hydrogen (secondary N) is 2. The Balaban J connectivity index is 0.00000392. The van der Waals surface area contributed by atoms with E-state index >= 15 is 0 Å². The lowest BCUT2D eigenvalue weighted by Crippen LogP contribution is -2.43. The summed E-state index contributed by atoms with van der Waals surface area (Å²) in [6, 6.07) is 7.58. The second kappa shape index (κ2) is 10.7. The average molecular weight is 523 g/mol. The summed E-state index contributed by atoms with van der Waals surface area (Å²) in [5.41, 5.74) is 5.66. The third kappa shape index (κ3) is 6.66. The molecule has 1 heterocycles. The molecule has 0 saturated carbocycles. The summed E-state index contributed by atoms with van der Waals surface area (Å²) in [6.45, 7) is 7.42. The first-order valence-electron chi connectivity index (χ1n) is 8.59. The van der Waals surface area contributed by atoms with Gasteiger partial charge >= 0.3 is 0 Å². The summed E-state index contributed by atoms with van der Waals surface area (Å²) >= 11 is 6.20. The summed E-state index contributed by atoms with van der Waals surface area (Å²) in [5, 5.41) is 6.78. The zero-order valence-electron chi connectivity index (χ0n) is 16.0. The molecule has 0 atom stereocenters. The van der Waals surface area contributed by atoms with Gasteiger partial charge in [-0.25, -0.2) is 9.38 Å².